The third kappa shape index (κ3) is 6.39. The molecular weight excluding hydrogens is 240 g/mol. The number of nitrogens with one attached hydrogen (secondary N) is 1. The van der Waals surface area contributed by atoms with Crippen LogP contribution in [0.5, 0.6) is 0 Å². The standard InChI is InChI=1S/C15H18N2O2/c1-2-3-9-19-10-5-8-15(18)17-14-7-4-6-13(11-14)12-16/h2-4,6-7,11H,5,8-10H2,1H3,(H,17,18). The van der Waals surface area contributed by atoms with Gasteiger partial charge in [0.05, 0.1) is 18.2 Å². The molecule has 0 aliphatic rings. The number of hydrogen-bond donors (Lipinski definition) is 1. The van der Waals surface area contributed by atoms with Gasteiger partial charge in [-0.25, -0.2) is 0 Å². The lowest BCUT2D eigenvalue weighted by Crippen LogP contribution is -2.12. The Labute approximate surface area is 113 Å². The Morgan fingerprint density at radius 2 is 2.37 bits per heavy atom. The molecule has 0 saturated heterocycles. The van der Waals surface area contributed by atoms with E-state index in [2.05, 4.69) is 5.32 Å². The minimum atomic E-state index is -0.0651. The van der Waals surface area contributed by atoms with Crippen molar-refractivity contribution in [3.8, 4) is 6.07 Å². The van der Waals surface area contributed by atoms with Gasteiger partial charge in [0.2, 0.25) is 5.91 Å². The molecule has 0 fully saturated rings. The largest absolute Gasteiger partial charge is 0.377 e. The Kier molecular flexibility index (Phi) is 7.00. The molecule has 1 aromatic carbocycles. The third-order valence-electron chi connectivity index (χ3n) is 2.42. The van der Waals surface area contributed by atoms with Crippen LogP contribution in [-0.2, 0) is 9.53 Å². The van der Waals surface area contributed by atoms with Crippen molar-refractivity contribution in [1.82, 2.24) is 0 Å². The van der Waals surface area contributed by atoms with E-state index in [1.54, 1.807) is 24.3 Å². The number of ether oxygens (including phenoxy) is 1. The molecule has 1 rings (SSSR count). The third-order valence-corrected chi connectivity index (χ3v) is 2.42. The molecule has 0 unspecified atom stereocenters. The summed E-state index contributed by atoms with van der Waals surface area (Å²) in [5.74, 6) is -0.0651. The van der Waals surface area contributed by atoms with E-state index < -0.39 is 0 Å². The summed E-state index contributed by atoms with van der Waals surface area (Å²) in [5, 5.41) is 11.5. The van der Waals surface area contributed by atoms with E-state index in [0.717, 1.165) is 0 Å². The van der Waals surface area contributed by atoms with Crippen LogP contribution in [0.15, 0.2) is 36.4 Å². The van der Waals surface area contributed by atoms with Gasteiger partial charge in [-0.05, 0) is 31.5 Å². The number of allylic oxidation sites excluding steroid dienone is 1. The molecule has 0 bridgehead atoms. The highest BCUT2D eigenvalue weighted by molar-refractivity contribution is 5.90. The zero-order valence-electron chi connectivity index (χ0n) is 11.1. The highest BCUT2D eigenvalue weighted by Crippen LogP contribution is 2.10. The zero-order chi connectivity index (χ0) is 13.9. The molecule has 1 amide bonds. The van der Waals surface area contributed by atoms with Gasteiger partial charge in [0.25, 0.3) is 0 Å². The van der Waals surface area contributed by atoms with Gasteiger partial charge >= 0.3 is 0 Å². The number of anilines is 1. The van der Waals surface area contributed by atoms with Crippen molar-refractivity contribution in [3.05, 3.63) is 42.0 Å². The van der Waals surface area contributed by atoms with Gasteiger partial charge in [0, 0.05) is 18.7 Å². The molecule has 1 aromatic rings. The number of hydrogen-bond acceptors (Lipinski definition) is 3. The SMILES string of the molecule is CC=CCOCCCC(=O)Nc1cccc(C#N)c1. The van der Waals surface area contributed by atoms with Crippen LogP contribution in [-0.4, -0.2) is 19.1 Å². The van der Waals surface area contributed by atoms with Crippen LogP contribution in [0.1, 0.15) is 25.3 Å². The lowest BCUT2D eigenvalue weighted by molar-refractivity contribution is -0.116. The fourth-order valence-electron chi connectivity index (χ4n) is 1.47. The number of carbonyl (C=O) groups excluding carboxylic acids is 1. The maximum Gasteiger partial charge on any atom is 0.224 e. The van der Waals surface area contributed by atoms with Gasteiger partial charge in [0.15, 0.2) is 0 Å². The lowest BCUT2D eigenvalue weighted by atomic mass is 10.2. The van der Waals surface area contributed by atoms with Gasteiger partial charge in [0.1, 0.15) is 0 Å². The molecule has 0 saturated carbocycles. The fraction of sp³-hybridized carbons (Fsp3) is 0.333. The highest BCUT2D eigenvalue weighted by atomic mass is 16.5. The second-order valence-electron chi connectivity index (χ2n) is 3.99. The monoisotopic (exact) mass is 258 g/mol. The molecule has 0 aromatic heterocycles. The summed E-state index contributed by atoms with van der Waals surface area (Å²) in [7, 11) is 0. The molecule has 0 spiro atoms. The van der Waals surface area contributed by atoms with Crippen molar-refractivity contribution in [2.75, 3.05) is 18.5 Å². The Hall–Kier alpha value is -2.12. The number of amides is 1. The predicted molar refractivity (Wildman–Crippen MR) is 74.7 cm³/mol. The van der Waals surface area contributed by atoms with E-state index in [1.165, 1.54) is 0 Å². The number of nitriles is 1. The number of rotatable bonds is 7. The molecule has 1 N–H and O–H groups in total. The summed E-state index contributed by atoms with van der Waals surface area (Å²) in [5.41, 5.74) is 1.19. The summed E-state index contributed by atoms with van der Waals surface area (Å²) in [6.07, 6.45) is 4.94. The van der Waals surface area contributed by atoms with Crippen molar-refractivity contribution in [2.24, 2.45) is 0 Å². The first kappa shape index (κ1) is 14.9. The van der Waals surface area contributed by atoms with Crippen LogP contribution in [0.3, 0.4) is 0 Å². The lowest BCUT2D eigenvalue weighted by Gasteiger charge is -2.05. The second kappa shape index (κ2) is 8.90. The minimum absolute atomic E-state index is 0.0651. The van der Waals surface area contributed by atoms with E-state index in [4.69, 9.17) is 10.00 Å². The van der Waals surface area contributed by atoms with Crippen molar-refractivity contribution < 1.29 is 9.53 Å². The first-order valence-electron chi connectivity index (χ1n) is 6.25. The normalized spacial score (nSPS) is 10.3. The van der Waals surface area contributed by atoms with Gasteiger partial charge in [-0.15, -0.1) is 0 Å². The molecule has 100 valence electrons. The Balaban J connectivity index is 2.25. The summed E-state index contributed by atoms with van der Waals surface area (Å²) in [6, 6.07) is 8.90. The Morgan fingerprint density at radius 3 is 3.11 bits per heavy atom. The van der Waals surface area contributed by atoms with Crippen LogP contribution in [0.4, 0.5) is 5.69 Å². The van der Waals surface area contributed by atoms with Crippen molar-refractivity contribution in [2.45, 2.75) is 19.8 Å². The summed E-state index contributed by atoms with van der Waals surface area (Å²) < 4.78 is 5.30. The fourth-order valence-corrected chi connectivity index (χ4v) is 1.47. The first-order valence-corrected chi connectivity index (χ1v) is 6.25. The molecule has 0 atom stereocenters. The van der Waals surface area contributed by atoms with Crippen LogP contribution in [0.25, 0.3) is 0 Å². The average molecular weight is 258 g/mol. The summed E-state index contributed by atoms with van der Waals surface area (Å²) >= 11 is 0. The van der Waals surface area contributed by atoms with E-state index in [9.17, 15) is 4.79 Å². The van der Waals surface area contributed by atoms with Crippen LogP contribution in [0.2, 0.25) is 0 Å². The maximum absolute atomic E-state index is 11.6. The van der Waals surface area contributed by atoms with E-state index in [1.807, 2.05) is 25.1 Å². The van der Waals surface area contributed by atoms with Crippen LogP contribution < -0.4 is 5.32 Å². The number of nitrogens with zero attached hydrogens (tertiary/aromatic N) is 1. The smallest absolute Gasteiger partial charge is 0.224 e. The summed E-state index contributed by atoms with van der Waals surface area (Å²) in [4.78, 5) is 11.6. The van der Waals surface area contributed by atoms with Crippen LogP contribution in [0, 0.1) is 11.3 Å². The zero-order valence-corrected chi connectivity index (χ0v) is 11.1. The molecule has 0 aliphatic heterocycles. The maximum atomic E-state index is 11.6. The van der Waals surface area contributed by atoms with Crippen LogP contribution >= 0.6 is 0 Å². The van der Waals surface area contributed by atoms with Gasteiger partial charge < -0.3 is 10.1 Å². The van der Waals surface area contributed by atoms with E-state index >= 15 is 0 Å². The Morgan fingerprint density at radius 1 is 1.53 bits per heavy atom. The van der Waals surface area contributed by atoms with Crippen molar-refractivity contribution >= 4 is 11.6 Å². The minimum Gasteiger partial charge on any atom is -0.377 e. The summed E-state index contributed by atoms with van der Waals surface area (Å²) in [6.45, 7) is 3.09. The predicted octanol–water partition coefficient (Wildman–Crippen LogP) is 2.87. The molecule has 4 nitrogen and oxygen atoms in total. The molecule has 0 heterocycles. The quantitative estimate of drug-likeness (QED) is 0.604. The van der Waals surface area contributed by atoms with E-state index in [0.29, 0.717) is 37.3 Å². The molecule has 19 heavy (non-hydrogen) atoms. The number of benzene rings is 1. The molecule has 0 radical (unpaired) electrons. The van der Waals surface area contributed by atoms with Gasteiger partial charge in [-0.2, -0.15) is 5.26 Å². The second-order valence-corrected chi connectivity index (χ2v) is 3.99. The molecule has 4 heteroatoms. The van der Waals surface area contributed by atoms with Gasteiger partial charge in [-0.3, -0.25) is 4.79 Å². The topological polar surface area (TPSA) is 62.1 Å². The van der Waals surface area contributed by atoms with Gasteiger partial charge in [-0.1, -0.05) is 18.2 Å². The molecular formula is C15H18N2O2. The highest BCUT2D eigenvalue weighted by Gasteiger charge is 2.02. The first-order chi connectivity index (χ1) is 9.26. The van der Waals surface area contributed by atoms with Crippen molar-refractivity contribution in [3.63, 3.8) is 0 Å². The Bertz CT molecular complexity index is 475. The van der Waals surface area contributed by atoms with Crippen molar-refractivity contribution in [1.29, 1.82) is 5.26 Å². The number of carbonyl (C=O) groups is 1. The average Bonchev–Trinajstić information content (AvgIpc) is 2.43. The molecule has 0 aliphatic carbocycles. The van der Waals surface area contributed by atoms with E-state index in [-0.39, 0.29) is 5.91 Å².